The van der Waals surface area contributed by atoms with Gasteiger partial charge in [-0.2, -0.15) is 5.10 Å². The molecule has 0 radical (unpaired) electrons. The van der Waals surface area contributed by atoms with E-state index in [0.717, 1.165) is 5.75 Å². The summed E-state index contributed by atoms with van der Waals surface area (Å²) < 4.78 is 11.6. The number of carbonyl (C=O) groups is 1. The highest BCUT2D eigenvalue weighted by Crippen LogP contribution is 2.07. The Labute approximate surface area is 133 Å². The van der Waals surface area contributed by atoms with E-state index in [1.807, 2.05) is 30.3 Å². The predicted octanol–water partition coefficient (Wildman–Crippen LogP) is 0.698. The molecule has 2 aromatic rings. The Morgan fingerprint density at radius 2 is 1.96 bits per heavy atom. The lowest BCUT2D eigenvalue weighted by Crippen LogP contribution is -2.32. The summed E-state index contributed by atoms with van der Waals surface area (Å²) in [5, 5.41) is 6.72. The molecule has 0 spiro atoms. The summed E-state index contributed by atoms with van der Waals surface area (Å²) in [5.74, 6) is 0.390. The first-order chi connectivity index (χ1) is 11.2. The van der Waals surface area contributed by atoms with Gasteiger partial charge >= 0.3 is 0 Å². The number of rotatable bonds is 8. The molecule has 1 aromatic carbocycles. The molecule has 2 rings (SSSR count). The molecule has 1 heterocycles. The van der Waals surface area contributed by atoms with Gasteiger partial charge in [0.2, 0.25) is 0 Å². The van der Waals surface area contributed by atoms with Crippen LogP contribution in [0.25, 0.3) is 0 Å². The standard InChI is InChI=1S/C16H19N3O4/c1-22-12-10-19-15(20)8-7-14(18-19)16(21)17-9-11-23-13-5-3-2-4-6-13/h2-8H,9-12H2,1H3,(H,17,21). The molecule has 7 heteroatoms. The molecular formula is C16H19N3O4. The summed E-state index contributed by atoms with van der Waals surface area (Å²) in [6.45, 7) is 1.34. The zero-order valence-electron chi connectivity index (χ0n) is 12.9. The van der Waals surface area contributed by atoms with E-state index in [-0.39, 0.29) is 17.2 Å². The molecule has 1 aromatic heterocycles. The number of nitrogens with one attached hydrogen (secondary N) is 1. The maximum absolute atomic E-state index is 12.0. The van der Waals surface area contributed by atoms with Gasteiger partial charge in [0, 0.05) is 13.2 Å². The highest BCUT2D eigenvalue weighted by Gasteiger charge is 2.09. The van der Waals surface area contributed by atoms with E-state index in [1.54, 1.807) is 0 Å². The van der Waals surface area contributed by atoms with Crippen LogP contribution in [0.2, 0.25) is 0 Å². The molecule has 0 bridgehead atoms. The predicted molar refractivity (Wildman–Crippen MR) is 84.6 cm³/mol. The van der Waals surface area contributed by atoms with Gasteiger partial charge in [-0.25, -0.2) is 4.68 Å². The monoisotopic (exact) mass is 317 g/mol. The van der Waals surface area contributed by atoms with E-state index in [2.05, 4.69) is 10.4 Å². The first kappa shape index (κ1) is 16.7. The Morgan fingerprint density at radius 1 is 1.17 bits per heavy atom. The fourth-order valence-corrected chi connectivity index (χ4v) is 1.85. The van der Waals surface area contributed by atoms with E-state index in [0.29, 0.717) is 26.3 Å². The molecule has 0 saturated carbocycles. The third-order valence-corrected chi connectivity index (χ3v) is 3.01. The van der Waals surface area contributed by atoms with Crippen molar-refractivity contribution in [2.45, 2.75) is 6.54 Å². The van der Waals surface area contributed by atoms with Crippen LogP contribution >= 0.6 is 0 Å². The van der Waals surface area contributed by atoms with Crippen LogP contribution in [0.1, 0.15) is 10.5 Å². The van der Waals surface area contributed by atoms with Gasteiger partial charge in [-0.1, -0.05) is 18.2 Å². The number of hydrogen-bond acceptors (Lipinski definition) is 5. The van der Waals surface area contributed by atoms with E-state index < -0.39 is 0 Å². The first-order valence-electron chi connectivity index (χ1n) is 7.24. The number of carbonyl (C=O) groups excluding carboxylic acids is 1. The van der Waals surface area contributed by atoms with Crippen molar-refractivity contribution in [2.24, 2.45) is 0 Å². The van der Waals surface area contributed by atoms with Gasteiger partial charge in [-0.15, -0.1) is 0 Å². The number of benzene rings is 1. The van der Waals surface area contributed by atoms with Gasteiger partial charge in [-0.05, 0) is 18.2 Å². The van der Waals surface area contributed by atoms with Gasteiger partial charge in [0.25, 0.3) is 11.5 Å². The van der Waals surface area contributed by atoms with Gasteiger partial charge in [-0.3, -0.25) is 9.59 Å². The Morgan fingerprint density at radius 3 is 2.70 bits per heavy atom. The Balaban J connectivity index is 1.84. The second kappa shape index (κ2) is 8.70. The number of aromatic nitrogens is 2. The average Bonchev–Trinajstić information content (AvgIpc) is 2.58. The topological polar surface area (TPSA) is 82.5 Å². The summed E-state index contributed by atoms with van der Waals surface area (Å²) in [6.07, 6.45) is 0. The minimum Gasteiger partial charge on any atom is -0.492 e. The summed E-state index contributed by atoms with van der Waals surface area (Å²) in [6, 6.07) is 12.1. The zero-order valence-corrected chi connectivity index (χ0v) is 12.9. The normalized spacial score (nSPS) is 10.3. The maximum atomic E-state index is 12.0. The number of nitrogens with zero attached hydrogens (tertiary/aromatic N) is 2. The van der Waals surface area contributed by atoms with Crippen LogP contribution in [-0.2, 0) is 11.3 Å². The van der Waals surface area contributed by atoms with Crippen LogP contribution in [0.4, 0.5) is 0 Å². The molecule has 0 saturated heterocycles. The van der Waals surface area contributed by atoms with Crippen molar-refractivity contribution in [3.05, 3.63) is 58.5 Å². The Bertz CT molecular complexity index is 685. The van der Waals surface area contributed by atoms with Crippen molar-refractivity contribution < 1.29 is 14.3 Å². The summed E-state index contributed by atoms with van der Waals surface area (Å²) >= 11 is 0. The van der Waals surface area contributed by atoms with Crippen LogP contribution in [0, 0.1) is 0 Å². The molecule has 23 heavy (non-hydrogen) atoms. The smallest absolute Gasteiger partial charge is 0.271 e. The summed E-state index contributed by atoms with van der Waals surface area (Å²) in [5.41, 5.74) is -0.0913. The minimum atomic E-state index is -0.354. The fourth-order valence-electron chi connectivity index (χ4n) is 1.85. The van der Waals surface area contributed by atoms with Gasteiger partial charge in [0.05, 0.1) is 19.7 Å². The largest absolute Gasteiger partial charge is 0.492 e. The molecular weight excluding hydrogens is 298 g/mol. The highest BCUT2D eigenvalue weighted by molar-refractivity contribution is 5.91. The lowest BCUT2D eigenvalue weighted by Gasteiger charge is -2.08. The van der Waals surface area contributed by atoms with Crippen molar-refractivity contribution >= 4 is 5.91 Å². The molecule has 0 atom stereocenters. The highest BCUT2D eigenvalue weighted by atomic mass is 16.5. The number of para-hydroxylation sites is 1. The van der Waals surface area contributed by atoms with Crippen molar-refractivity contribution in [3.63, 3.8) is 0 Å². The van der Waals surface area contributed by atoms with Gasteiger partial charge < -0.3 is 14.8 Å². The molecule has 1 amide bonds. The number of ether oxygens (including phenoxy) is 2. The number of amides is 1. The number of hydrogen-bond donors (Lipinski definition) is 1. The zero-order chi connectivity index (χ0) is 16.5. The van der Waals surface area contributed by atoms with Crippen LogP contribution < -0.4 is 15.6 Å². The average molecular weight is 317 g/mol. The molecule has 1 N–H and O–H groups in total. The summed E-state index contributed by atoms with van der Waals surface area (Å²) in [7, 11) is 1.54. The van der Waals surface area contributed by atoms with Crippen LogP contribution in [0.5, 0.6) is 5.75 Å². The molecule has 0 aliphatic heterocycles. The van der Waals surface area contributed by atoms with E-state index in [9.17, 15) is 9.59 Å². The molecule has 7 nitrogen and oxygen atoms in total. The van der Waals surface area contributed by atoms with Crippen molar-refractivity contribution in [1.29, 1.82) is 0 Å². The van der Waals surface area contributed by atoms with Gasteiger partial charge in [0.1, 0.15) is 18.1 Å². The maximum Gasteiger partial charge on any atom is 0.271 e. The SMILES string of the molecule is COCCn1nc(C(=O)NCCOc2ccccc2)ccc1=O. The summed E-state index contributed by atoms with van der Waals surface area (Å²) in [4.78, 5) is 23.6. The van der Waals surface area contributed by atoms with Crippen molar-refractivity contribution in [1.82, 2.24) is 15.1 Å². The first-order valence-corrected chi connectivity index (χ1v) is 7.24. The Hall–Kier alpha value is -2.67. The third kappa shape index (κ3) is 5.23. The third-order valence-electron chi connectivity index (χ3n) is 3.01. The molecule has 0 aliphatic carbocycles. The quantitative estimate of drug-likeness (QED) is 0.725. The van der Waals surface area contributed by atoms with E-state index >= 15 is 0 Å². The second-order valence-corrected chi connectivity index (χ2v) is 4.69. The van der Waals surface area contributed by atoms with Crippen molar-refractivity contribution in [3.8, 4) is 5.75 Å². The van der Waals surface area contributed by atoms with Crippen LogP contribution in [-0.4, -0.2) is 42.6 Å². The second-order valence-electron chi connectivity index (χ2n) is 4.69. The molecule has 122 valence electrons. The fraction of sp³-hybridized carbons (Fsp3) is 0.312. The van der Waals surface area contributed by atoms with Crippen LogP contribution in [0.3, 0.4) is 0 Å². The van der Waals surface area contributed by atoms with Crippen molar-refractivity contribution in [2.75, 3.05) is 26.9 Å². The van der Waals surface area contributed by atoms with E-state index in [4.69, 9.17) is 9.47 Å². The van der Waals surface area contributed by atoms with Crippen LogP contribution in [0.15, 0.2) is 47.3 Å². The van der Waals surface area contributed by atoms with Gasteiger partial charge in [0.15, 0.2) is 0 Å². The molecule has 0 unspecified atom stereocenters. The van der Waals surface area contributed by atoms with E-state index in [1.165, 1.54) is 23.9 Å². The Kier molecular flexibility index (Phi) is 6.31. The molecule has 0 aliphatic rings. The lowest BCUT2D eigenvalue weighted by molar-refractivity contribution is 0.0938. The number of methoxy groups -OCH3 is 1. The lowest BCUT2D eigenvalue weighted by atomic mass is 10.3. The minimum absolute atomic E-state index is 0.181. The molecule has 0 fully saturated rings.